The number of aliphatic hydroxyl groups excluding tert-OH is 1. The van der Waals surface area contributed by atoms with Gasteiger partial charge in [0.05, 0.1) is 18.2 Å². The van der Waals surface area contributed by atoms with Gasteiger partial charge >= 0.3 is 6.18 Å². The van der Waals surface area contributed by atoms with E-state index in [1.165, 1.54) is 4.90 Å². The van der Waals surface area contributed by atoms with E-state index in [2.05, 4.69) is 15.9 Å². The zero-order chi connectivity index (χ0) is 13.9. The van der Waals surface area contributed by atoms with Crippen molar-refractivity contribution in [3.8, 4) is 0 Å². The fourth-order valence-corrected chi connectivity index (χ4v) is 2.21. The minimum atomic E-state index is -4.15. The molecule has 0 saturated carbocycles. The predicted molar refractivity (Wildman–Crippen MR) is 68.7 cm³/mol. The summed E-state index contributed by atoms with van der Waals surface area (Å²) >= 11 is 3.30. The van der Waals surface area contributed by atoms with Crippen LogP contribution in [0.4, 0.5) is 18.9 Å². The number of hydrogen-bond acceptors (Lipinski definition) is 2. The van der Waals surface area contributed by atoms with Gasteiger partial charge in [0.15, 0.2) is 0 Å². The molecule has 1 N–H and O–H groups in total. The Hall–Kier alpha value is -0.750. The molecule has 6 heteroatoms. The number of rotatable bonds is 4. The molecule has 1 rings (SSSR count). The molecule has 0 aliphatic rings. The first-order valence-electron chi connectivity index (χ1n) is 5.46. The molecule has 0 fully saturated rings. The molecule has 0 bridgehead atoms. The number of hydrogen-bond donors (Lipinski definition) is 1. The van der Waals surface area contributed by atoms with E-state index in [4.69, 9.17) is 0 Å². The summed E-state index contributed by atoms with van der Waals surface area (Å²) in [6, 6.07) is 5.11. The average Bonchev–Trinajstić information content (AvgIpc) is 2.24. The summed E-state index contributed by atoms with van der Waals surface area (Å²) in [4.78, 5) is 1.53. The van der Waals surface area contributed by atoms with Crippen LogP contribution in [0.25, 0.3) is 0 Å². The maximum absolute atomic E-state index is 12.1. The van der Waals surface area contributed by atoms with Crippen molar-refractivity contribution in [3.05, 3.63) is 28.2 Å². The Labute approximate surface area is 113 Å². The SMILES string of the molecule is C[C@H](O)c1ccc(N(C)CCC(F)(F)F)c(Br)c1. The van der Waals surface area contributed by atoms with Crippen molar-refractivity contribution in [1.82, 2.24) is 0 Å². The van der Waals surface area contributed by atoms with Crippen LogP contribution >= 0.6 is 15.9 Å². The molecular formula is C12H15BrF3NO. The number of anilines is 1. The lowest BCUT2D eigenvalue weighted by Crippen LogP contribution is -2.24. The molecule has 18 heavy (non-hydrogen) atoms. The van der Waals surface area contributed by atoms with E-state index >= 15 is 0 Å². The van der Waals surface area contributed by atoms with Crippen LogP contribution in [0.2, 0.25) is 0 Å². The molecule has 1 aromatic rings. The van der Waals surface area contributed by atoms with Crippen molar-refractivity contribution in [1.29, 1.82) is 0 Å². The van der Waals surface area contributed by atoms with E-state index in [1.807, 2.05) is 0 Å². The summed E-state index contributed by atoms with van der Waals surface area (Å²) in [6.45, 7) is 1.53. The lowest BCUT2D eigenvalue weighted by molar-refractivity contribution is -0.132. The van der Waals surface area contributed by atoms with E-state index in [0.717, 1.165) is 5.56 Å². The second kappa shape index (κ2) is 5.93. The third-order valence-electron chi connectivity index (χ3n) is 2.60. The quantitative estimate of drug-likeness (QED) is 0.907. The Morgan fingerprint density at radius 1 is 1.39 bits per heavy atom. The highest BCUT2D eigenvalue weighted by Crippen LogP contribution is 2.30. The maximum Gasteiger partial charge on any atom is 0.390 e. The van der Waals surface area contributed by atoms with Gasteiger partial charge in [0.25, 0.3) is 0 Å². The number of halogens is 4. The van der Waals surface area contributed by atoms with Gasteiger partial charge in [-0.25, -0.2) is 0 Å². The van der Waals surface area contributed by atoms with Crippen molar-refractivity contribution in [2.75, 3.05) is 18.5 Å². The normalized spacial score (nSPS) is 13.5. The van der Waals surface area contributed by atoms with Crippen LogP contribution < -0.4 is 4.90 Å². The van der Waals surface area contributed by atoms with Crippen LogP contribution in [0.15, 0.2) is 22.7 Å². The van der Waals surface area contributed by atoms with Crippen LogP contribution in [-0.2, 0) is 0 Å². The number of nitrogens with zero attached hydrogens (tertiary/aromatic N) is 1. The molecule has 0 radical (unpaired) electrons. The zero-order valence-electron chi connectivity index (χ0n) is 10.1. The standard InChI is InChI=1S/C12H15BrF3NO/c1-8(18)9-3-4-11(10(13)7-9)17(2)6-5-12(14,15)16/h3-4,7-8,18H,5-6H2,1-2H3/t8-/m0/s1. The van der Waals surface area contributed by atoms with E-state index in [9.17, 15) is 18.3 Å². The highest BCUT2D eigenvalue weighted by molar-refractivity contribution is 9.10. The molecule has 0 aliphatic heterocycles. The summed E-state index contributed by atoms with van der Waals surface area (Å²) in [5, 5.41) is 9.40. The first-order valence-corrected chi connectivity index (χ1v) is 6.25. The topological polar surface area (TPSA) is 23.5 Å². The van der Waals surface area contributed by atoms with E-state index in [1.54, 1.807) is 32.2 Å². The Kier molecular flexibility index (Phi) is 5.04. The fourth-order valence-electron chi connectivity index (χ4n) is 1.51. The molecule has 0 amide bonds. The molecule has 102 valence electrons. The predicted octanol–water partition coefficient (Wildman–Crippen LogP) is 3.89. The molecule has 1 aromatic carbocycles. The molecule has 0 aliphatic carbocycles. The molecule has 0 unspecified atom stereocenters. The first-order chi connectivity index (χ1) is 8.20. The summed E-state index contributed by atoms with van der Waals surface area (Å²) in [5.74, 6) is 0. The van der Waals surface area contributed by atoms with Gasteiger partial charge in [-0.2, -0.15) is 13.2 Å². The fraction of sp³-hybridized carbons (Fsp3) is 0.500. The largest absolute Gasteiger partial charge is 0.390 e. The van der Waals surface area contributed by atoms with Gasteiger partial charge in [-0.1, -0.05) is 6.07 Å². The maximum atomic E-state index is 12.1. The van der Waals surface area contributed by atoms with E-state index < -0.39 is 18.7 Å². The van der Waals surface area contributed by atoms with Crippen LogP contribution in [0, 0.1) is 0 Å². The third-order valence-corrected chi connectivity index (χ3v) is 3.23. The van der Waals surface area contributed by atoms with Gasteiger partial charge in [0.1, 0.15) is 0 Å². The number of alkyl halides is 3. The first kappa shape index (κ1) is 15.3. The lowest BCUT2D eigenvalue weighted by atomic mass is 10.1. The highest BCUT2D eigenvalue weighted by atomic mass is 79.9. The monoisotopic (exact) mass is 325 g/mol. The summed E-state index contributed by atoms with van der Waals surface area (Å²) < 4.78 is 37.1. The van der Waals surface area contributed by atoms with Crippen molar-refractivity contribution in [3.63, 3.8) is 0 Å². The van der Waals surface area contributed by atoms with Crippen molar-refractivity contribution < 1.29 is 18.3 Å². The third kappa shape index (κ3) is 4.49. The smallest absolute Gasteiger partial charge is 0.389 e. The van der Waals surface area contributed by atoms with Crippen LogP contribution in [-0.4, -0.2) is 24.9 Å². The van der Waals surface area contributed by atoms with Gasteiger partial charge in [-0.3, -0.25) is 0 Å². The molecule has 2 nitrogen and oxygen atoms in total. The lowest BCUT2D eigenvalue weighted by Gasteiger charge is -2.22. The van der Waals surface area contributed by atoms with Crippen molar-refractivity contribution in [2.45, 2.75) is 25.6 Å². The zero-order valence-corrected chi connectivity index (χ0v) is 11.7. The highest BCUT2D eigenvalue weighted by Gasteiger charge is 2.27. The molecular weight excluding hydrogens is 311 g/mol. The Morgan fingerprint density at radius 2 is 2.00 bits per heavy atom. The van der Waals surface area contributed by atoms with E-state index in [0.29, 0.717) is 10.2 Å². The van der Waals surface area contributed by atoms with E-state index in [-0.39, 0.29) is 6.54 Å². The van der Waals surface area contributed by atoms with Crippen LogP contribution in [0.1, 0.15) is 25.0 Å². The van der Waals surface area contributed by atoms with Crippen LogP contribution in [0.5, 0.6) is 0 Å². The van der Waals surface area contributed by atoms with Crippen molar-refractivity contribution >= 4 is 21.6 Å². The van der Waals surface area contributed by atoms with Crippen molar-refractivity contribution in [2.24, 2.45) is 0 Å². The number of aliphatic hydroxyl groups is 1. The molecule has 1 atom stereocenters. The molecule has 0 spiro atoms. The van der Waals surface area contributed by atoms with Gasteiger partial charge in [-0.15, -0.1) is 0 Å². The second-order valence-electron chi connectivity index (χ2n) is 4.17. The van der Waals surface area contributed by atoms with Gasteiger partial charge in [0, 0.05) is 18.1 Å². The molecule has 0 heterocycles. The Bertz CT molecular complexity index is 407. The molecule has 0 saturated heterocycles. The Morgan fingerprint density at radius 3 is 2.44 bits per heavy atom. The van der Waals surface area contributed by atoms with Gasteiger partial charge in [-0.05, 0) is 40.5 Å². The Balaban J connectivity index is 2.77. The minimum Gasteiger partial charge on any atom is -0.389 e. The average molecular weight is 326 g/mol. The summed E-state index contributed by atoms with van der Waals surface area (Å²) in [7, 11) is 1.61. The number of benzene rings is 1. The van der Waals surface area contributed by atoms with Gasteiger partial charge in [0.2, 0.25) is 0 Å². The minimum absolute atomic E-state index is 0.101. The summed E-state index contributed by atoms with van der Waals surface area (Å²) in [5.41, 5.74) is 1.39. The second-order valence-corrected chi connectivity index (χ2v) is 5.03. The molecule has 0 aromatic heterocycles. The van der Waals surface area contributed by atoms with Gasteiger partial charge < -0.3 is 10.0 Å². The van der Waals surface area contributed by atoms with Crippen LogP contribution in [0.3, 0.4) is 0 Å². The summed E-state index contributed by atoms with van der Waals surface area (Å²) in [6.07, 6.45) is -5.61.